The number of imidazole rings is 1. The Bertz CT molecular complexity index is 1190. The number of ketones is 1. The van der Waals surface area contributed by atoms with Crippen LogP contribution < -0.4 is 10.1 Å². The lowest BCUT2D eigenvalue weighted by Crippen LogP contribution is -2.18. The summed E-state index contributed by atoms with van der Waals surface area (Å²) in [4.78, 5) is 16.9. The summed E-state index contributed by atoms with van der Waals surface area (Å²) < 4.78 is 7.27. The van der Waals surface area contributed by atoms with Crippen LogP contribution >= 0.6 is 0 Å². The molecule has 0 bridgehead atoms. The second kappa shape index (κ2) is 8.64. The van der Waals surface area contributed by atoms with Gasteiger partial charge in [-0.25, -0.2) is 4.98 Å². The molecule has 0 saturated heterocycles. The van der Waals surface area contributed by atoms with Gasteiger partial charge in [-0.1, -0.05) is 38.1 Å². The van der Waals surface area contributed by atoms with Gasteiger partial charge in [0.15, 0.2) is 5.78 Å². The number of fused-ring (bicyclic) bond motifs is 1. The van der Waals surface area contributed by atoms with Crippen molar-refractivity contribution in [2.75, 3.05) is 12.4 Å². The molecule has 0 aliphatic carbocycles. The number of nitrogens with one attached hydrogen (secondary N) is 1. The molecule has 158 valence electrons. The zero-order valence-corrected chi connectivity index (χ0v) is 18.3. The summed E-state index contributed by atoms with van der Waals surface area (Å²) in [5.74, 6) is 1.35. The lowest BCUT2D eigenvalue weighted by Gasteiger charge is -2.18. The van der Waals surface area contributed by atoms with Crippen molar-refractivity contribution in [1.82, 2.24) is 9.55 Å². The minimum atomic E-state index is -0.401. The van der Waals surface area contributed by atoms with E-state index in [0.29, 0.717) is 5.92 Å². The summed E-state index contributed by atoms with van der Waals surface area (Å²) in [7, 11) is 1.66. The molecule has 3 aromatic carbocycles. The van der Waals surface area contributed by atoms with Crippen molar-refractivity contribution >= 4 is 22.5 Å². The summed E-state index contributed by atoms with van der Waals surface area (Å²) in [6, 6.07) is 21.7. The molecule has 1 aromatic heterocycles. The highest BCUT2D eigenvalue weighted by atomic mass is 16.5. The van der Waals surface area contributed by atoms with E-state index in [-0.39, 0.29) is 5.78 Å². The van der Waals surface area contributed by atoms with Crippen molar-refractivity contribution in [1.29, 1.82) is 0 Å². The van der Waals surface area contributed by atoms with Crippen LogP contribution in [0.4, 0.5) is 5.69 Å². The average molecular weight is 414 g/mol. The Hall–Kier alpha value is -3.60. The van der Waals surface area contributed by atoms with Crippen molar-refractivity contribution in [2.24, 2.45) is 0 Å². The molecule has 0 saturated carbocycles. The van der Waals surface area contributed by atoms with E-state index in [2.05, 4.69) is 36.3 Å². The van der Waals surface area contributed by atoms with Crippen LogP contribution in [-0.4, -0.2) is 22.4 Å². The van der Waals surface area contributed by atoms with Crippen molar-refractivity contribution in [2.45, 2.75) is 32.7 Å². The third kappa shape index (κ3) is 4.31. The van der Waals surface area contributed by atoms with E-state index < -0.39 is 6.04 Å². The Balaban J connectivity index is 1.60. The number of hydrogen-bond acceptors (Lipinski definition) is 4. The SMILES string of the molecule is COc1ccc(-n2cnc3cc(NC(C(C)=O)c4ccc(C(C)C)cc4)ccc32)cc1. The Morgan fingerprint density at radius 2 is 1.65 bits per heavy atom. The molecular weight excluding hydrogens is 386 g/mol. The number of benzene rings is 3. The summed E-state index contributed by atoms with van der Waals surface area (Å²) >= 11 is 0. The molecule has 0 spiro atoms. The summed E-state index contributed by atoms with van der Waals surface area (Å²) in [6.45, 7) is 5.94. The smallest absolute Gasteiger partial charge is 0.156 e. The highest BCUT2D eigenvalue weighted by molar-refractivity contribution is 5.87. The minimum absolute atomic E-state index is 0.0705. The number of methoxy groups -OCH3 is 1. The second-order valence-corrected chi connectivity index (χ2v) is 8.03. The molecule has 0 fully saturated rings. The molecule has 5 nitrogen and oxygen atoms in total. The Kier molecular flexibility index (Phi) is 5.76. The van der Waals surface area contributed by atoms with Crippen molar-refractivity contribution in [3.63, 3.8) is 0 Å². The predicted octanol–water partition coefficient (Wildman–Crippen LogP) is 5.90. The first-order chi connectivity index (χ1) is 15.0. The van der Waals surface area contributed by atoms with Gasteiger partial charge in [0, 0.05) is 11.4 Å². The van der Waals surface area contributed by atoms with Gasteiger partial charge in [0.05, 0.1) is 18.1 Å². The number of carbonyl (C=O) groups excluding carboxylic acids is 1. The van der Waals surface area contributed by atoms with E-state index in [1.165, 1.54) is 5.56 Å². The number of nitrogens with zero attached hydrogens (tertiary/aromatic N) is 2. The maximum atomic E-state index is 12.4. The van der Waals surface area contributed by atoms with Crippen LogP contribution in [-0.2, 0) is 4.79 Å². The van der Waals surface area contributed by atoms with Gasteiger partial charge in [0.25, 0.3) is 0 Å². The van der Waals surface area contributed by atoms with Crippen molar-refractivity contribution in [3.05, 3.63) is 84.2 Å². The fraction of sp³-hybridized carbons (Fsp3) is 0.231. The van der Waals surface area contributed by atoms with Crippen molar-refractivity contribution < 1.29 is 9.53 Å². The first kappa shape index (κ1) is 20.7. The fourth-order valence-corrected chi connectivity index (χ4v) is 3.71. The molecule has 4 rings (SSSR count). The van der Waals surface area contributed by atoms with Crippen molar-refractivity contribution in [3.8, 4) is 11.4 Å². The maximum Gasteiger partial charge on any atom is 0.156 e. The molecule has 1 N–H and O–H groups in total. The molecule has 0 radical (unpaired) electrons. The first-order valence-electron chi connectivity index (χ1n) is 10.4. The van der Waals surface area contributed by atoms with E-state index in [4.69, 9.17) is 4.74 Å². The van der Waals surface area contributed by atoms with E-state index >= 15 is 0 Å². The predicted molar refractivity (Wildman–Crippen MR) is 125 cm³/mol. The Labute approximate surface area is 182 Å². The van der Waals surface area contributed by atoms with E-state index in [1.807, 2.05) is 65.5 Å². The molecule has 1 unspecified atom stereocenters. The third-order valence-corrected chi connectivity index (χ3v) is 5.55. The highest BCUT2D eigenvalue weighted by Crippen LogP contribution is 2.27. The van der Waals surface area contributed by atoms with Crippen LogP contribution in [0, 0.1) is 0 Å². The molecule has 0 aliphatic rings. The van der Waals surface area contributed by atoms with Gasteiger partial charge in [-0.15, -0.1) is 0 Å². The van der Waals surface area contributed by atoms with E-state index in [9.17, 15) is 4.79 Å². The molecule has 4 aromatic rings. The zero-order valence-electron chi connectivity index (χ0n) is 18.3. The summed E-state index contributed by atoms with van der Waals surface area (Å²) in [6.07, 6.45) is 1.81. The van der Waals surface area contributed by atoms with E-state index in [1.54, 1.807) is 14.0 Å². The fourth-order valence-electron chi connectivity index (χ4n) is 3.71. The largest absolute Gasteiger partial charge is 0.497 e. The van der Waals surface area contributed by atoms with Crippen LogP contribution in [0.1, 0.15) is 43.9 Å². The minimum Gasteiger partial charge on any atom is -0.497 e. The Morgan fingerprint density at radius 3 is 2.26 bits per heavy atom. The second-order valence-electron chi connectivity index (χ2n) is 8.03. The topological polar surface area (TPSA) is 56.1 Å². The number of Topliss-reactive ketones (excluding diaryl/α,β-unsaturated/α-hetero) is 1. The van der Waals surface area contributed by atoms with Crippen LogP contribution in [0.2, 0.25) is 0 Å². The number of anilines is 1. The van der Waals surface area contributed by atoms with Gasteiger partial charge < -0.3 is 10.1 Å². The van der Waals surface area contributed by atoms with Crippen LogP contribution in [0.25, 0.3) is 16.7 Å². The molecule has 0 aliphatic heterocycles. The first-order valence-corrected chi connectivity index (χ1v) is 10.4. The Morgan fingerprint density at radius 1 is 0.968 bits per heavy atom. The van der Waals surface area contributed by atoms with Gasteiger partial charge >= 0.3 is 0 Å². The molecule has 5 heteroatoms. The molecule has 0 amide bonds. The standard InChI is InChI=1S/C26H27N3O2/c1-17(2)19-5-7-20(8-6-19)26(18(3)30)28-21-9-14-25-24(15-21)27-16-29(25)22-10-12-23(31-4)13-11-22/h5-17,26,28H,1-4H3. The molecule has 1 atom stereocenters. The quantitative estimate of drug-likeness (QED) is 0.410. The molecule has 1 heterocycles. The maximum absolute atomic E-state index is 12.4. The summed E-state index contributed by atoms with van der Waals surface area (Å²) in [5.41, 5.74) is 5.95. The molecule has 31 heavy (non-hydrogen) atoms. The van der Waals surface area contributed by atoms with Crippen LogP contribution in [0.3, 0.4) is 0 Å². The monoisotopic (exact) mass is 413 g/mol. The number of rotatable bonds is 7. The third-order valence-electron chi connectivity index (χ3n) is 5.55. The number of hydrogen-bond donors (Lipinski definition) is 1. The van der Waals surface area contributed by atoms with Crippen LogP contribution in [0.5, 0.6) is 5.75 Å². The number of ether oxygens (including phenoxy) is 1. The highest BCUT2D eigenvalue weighted by Gasteiger charge is 2.17. The zero-order chi connectivity index (χ0) is 22.0. The normalized spacial score (nSPS) is 12.2. The lowest BCUT2D eigenvalue weighted by molar-refractivity contribution is -0.117. The number of aromatic nitrogens is 2. The van der Waals surface area contributed by atoms with Gasteiger partial charge in [-0.3, -0.25) is 9.36 Å². The average Bonchev–Trinajstić information content (AvgIpc) is 3.20. The van der Waals surface area contributed by atoms with Gasteiger partial charge in [-0.05, 0) is 66.4 Å². The summed E-state index contributed by atoms with van der Waals surface area (Å²) in [5, 5.41) is 3.38. The van der Waals surface area contributed by atoms with Crippen LogP contribution in [0.15, 0.2) is 73.1 Å². The van der Waals surface area contributed by atoms with Gasteiger partial charge in [0.2, 0.25) is 0 Å². The number of carbonyl (C=O) groups is 1. The van der Waals surface area contributed by atoms with Gasteiger partial charge in [-0.2, -0.15) is 0 Å². The van der Waals surface area contributed by atoms with Gasteiger partial charge in [0.1, 0.15) is 18.1 Å². The molecular formula is C26H27N3O2. The van der Waals surface area contributed by atoms with E-state index in [0.717, 1.165) is 33.7 Å². The lowest BCUT2D eigenvalue weighted by atomic mass is 9.97.